The van der Waals surface area contributed by atoms with Crippen molar-refractivity contribution in [3.05, 3.63) is 77.4 Å². The molecule has 1 saturated heterocycles. The predicted molar refractivity (Wildman–Crippen MR) is 156 cm³/mol. The average molecular weight is 596 g/mol. The van der Waals surface area contributed by atoms with Gasteiger partial charge >= 0.3 is 6.18 Å². The van der Waals surface area contributed by atoms with Gasteiger partial charge in [0.2, 0.25) is 5.91 Å². The number of carbonyl (C=O) groups is 1. The molecule has 3 aromatic rings. The lowest BCUT2D eigenvalue weighted by molar-refractivity contribution is -0.142. The van der Waals surface area contributed by atoms with Gasteiger partial charge in [-0.05, 0) is 85.8 Å². The number of amides is 1. The van der Waals surface area contributed by atoms with Crippen LogP contribution in [0.25, 0.3) is 0 Å². The Labute approximate surface area is 251 Å². The first kappa shape index (κ1) is 29.7. The minimum Gasteiger partial charge on any atom is -0.492 e. The molecule has 1 saturated carbocycles. The summed E-state index contributed by atoms with van der Waals surface area (Å²) in [7, 11) is 0. The largest absolute Gasteiger partial charge is 0.492 e. The number of carbonyl (C=O) groups excluding carboxylic acids is 1. The Morgan fingerprint density at radius 3 is 2.51 bits per heavy atom. The van der Waals surface area contributed by atoms with E-state index in [9.17, 15) is 18.0 Å². The normalized spacial score (nSPS) is 20.1. The summed E-state index contributed by atoms with van der Waals surface area (Å²) in [5, 5.41) is 3.81. The van der Waals surface area contributed by atoms with Crippen molar-refractivity contribution < 1.29 is 22.7 Å². The zero-order chi connectivity index (χ0) is 29.9. The van der Waals surface area contributed by atoms with Gasteiger partial charge in [-0.2, -0.15) is 18.3 Å². The SMILES string of the molecule is O=C(Cn1nc(C(F)(F)F)cc1C1CC1)N1CCC2(CCCCc3ccccc3OCCN(Cc3ccncc3)C2)CC1. The summed E-state index contributed by atoms with van der Waals surface area (Å²) in [6, 6.07) is 13.5. The molecule has 0 unspecified atom stereocenters. The highest BCUT2D eigenvalue weighted by molar-refractivity contribution is 5.76. The van der Waals surface area contributed by atoms with Crippen LogP contribution in [-0.2, 0) is 30.5 Å². The Kier molecular flexibility index (Phi) is 8.75. The van der Waals surface area contributed by atoms with Crippen LogP contribution < -0.4 is 4.74 Å². The van der Waals surface area contributed by atoms with Crippen LogP contribution in [-0.4, -0.2) is 63.3 Å². The van der Waals surface area contributed by atoms with Gasteiger partial charge in [-0.25, -0.2) is 0 Å². The monoisotopic (exact) mass is 595 g/mol. The summed E-state index contributed by atoms with van der Waals surface area (Å²) >= 11 is 0. The quantitative estimate of drug-likeness (QED) is 0.357. The zero-order valence-corrected chi connectivity index (χ0v) is 24.6. The Morgan fingerprint density at radius 2 is 1.77 bits per heavy atom. The molecule has 1 aliphatic carbocycles. The van der Waals surface area contributed by atoms with Crippen molar-refractivity contribution in [1.82, 2.24) is 24.6 Å². The molecule has 0 radical (unpaired) electrons. The Hall–Kier alpha value is -3.40. The van der Waals surface area contributed by atoms with Gasteiger partial charge in [0.15, 0.2) is 5.69 Å². The van der Waals surface area contributed by atoms with Gasteiger partial charge in [-0.1, -0.05) is 24.6 Å². The number of likely N-dealkylation sites (tertiary alicyclic amines) is 1. The lowest BCUT2D eigenvalue weighted by Crippen LogP contribution is -2.49. The highest BCUT2D eigenvalue weighted by Gasteiger charge is 2.40. The summed E-state index contributed by atoms with van der Waals surface area (Å²) < 4.78 is 47.7. The molecule has 0 bridgehead atoms. The van der Waals surface area contributed by atoms with Crippen molar-refractivity contribution in [3.8, 4) is 5.75 Å². The van der Waals surface area contributed by atoms with Crippen molar-refractivity contribution in [2.24, 2.45) is 5.41 Å². The number of aryl methyl sites for hydroxylation is 1. The maximum absolute atomic E-state index is 13.4. The number of para-hydroxylation sites is 1. The van der Waals surface area contributed by atoms with E-state index >= 15 is 0 Å². The van der Waals surface area contributed by atoms with Gasteiger partial charge < -0.3 is 9.64 Å². The molecule has 6 rings (SSSR count). The van der Waals surface area contributed by atoms with Crippen LogP contribution in [0.5, 0.6) is 5.75 Å². The average Bonchev–Trinajstić information content (AvgIpc) is 3.74. The number of nitrogens with zero attached hydrogens (tertiary/aromatic N) is 5. The third-order valence-corrected chi connectivity index (χ3v) is 9.31. The number of hydrogen-bond donors (Lipinski definition) is 0. The Balaban J connectivity index is 1.15. The minimum atomic E-state index is -4.52. The molecule has 43 heavy (non-hydrogen) atoms. The zero-order valence-electron chi connectivity index (χ0n) is 24.6. The van der Waals surface area contributed by atoms with E-state index in [1.165, 1.54) is 15.8 Å². The molecule has 2 aromatic heterocycles. The number of benzene rings is 1. The molecular formula is C33H40F3N5O2. The second-order valence-corrected chi connectivity index (χ2v) is 12.5. The van der Waals surface area contributed by atoms with Crippen LogP contribution >= 0.6 is 0 Å². The second-order valence-electron chi connectivity index (χ2n) is 12.5. The van der Waals surface area contributed by atoms with Gasteiger partial charge in [0.25, 0.3) is 0 Å². The first-order valence-corrected chi connectivity index (χ1v) is 15.5. The standard InChI is InChI=1S/C33H40F3N5O2/c34-33(35,36)30-21-28(26-8-9-26)41(38-30)23-31(42)40-17-13-32(14-18-40)12-4-3-6-27-5-1-2-7-29(27)43-20-19-39(24-32)22-25-10-15-37-16-11-25/h1-2,5,7,10-11,15-16,21,26H,3-4,6,8-9,12-14,17-20,22-24H2. The smallest absolute Gasteiger partial charge is 0.435 e. The van der Waals surface area contributed by atoms with Crippen molar-refractivity contribution >= 4 is 5.91 Å². The molecule has 0 N–H and O–H groups in total. The second kappa shape index (κ2) is 12.7. The number of piperidine rings is 1. The highest BCUT2D eigenvalue weighted by atomic mass is 19.4. The number of fused-ring (bicyclic) bond motifs is 1. The number of aromatic nitrogens is 3. The van der Waals surface area contributed by atoms with E-state index in [0.29, 0.717) is 25.4 Å². The van der Waals surface area contributed by atoms with Gasteiger partial charge in [0.1, 0.15) is 18.9 Å². The van der Waals surface area contributed by atoms with E-state index < -0.39 is 11.9 Å². The first-order valence-electron chi connectivity index (χ1n) is 15.5. The lowest BCUT2D eigenvalue weighted by atomic mass is 9.73. The number of pyridine rings is 1. The van der Waals surface area contributed by atoms with Gasteiger partial charge in [-0.3, -0.25) is 19.4 Å². The maximum Gasteiger partial charge on any atom is 0.435 e. The van der Waals surface area contributed by atoms with Crippen molar-refractivity contribution in [2.75, 3.05) is 32.8 Å². The summed E-state index contributed by atoms with van der Waals surface area (Å²) in [4.78, 5) is 21.9. The molecule has 230 valence electrons. The number of halogens is 3. The molecule has 4 heterocycles. The van der Waals surface area contributed by atoms with E-state index in [2.05, 4.69) is 45.3 Å². The molecule has 7 nitrogen and oxygen atoms in total. The fourth-order valence-corrected chi connectivity index (χ4v) is 6.74. The van der Waals surface area contributed by atoms with Crippen molar-refractivity contribution in [2.45, 2.75) is 76.6 Å². The molecule has 2 aliphatic heterocycles. The van der Waals surface area contributed by atoms with Crippen LogP contribution in [0.15, 0.2) is 54.9 Å². The van der Waals surface area contributed by atoms with E-state index in [0.717, 1.165) is 82.8 Å². The molecule has 1 spiro atoms. The summed E-state index contributed by atoms with van der Waals surface area (Å²) in [6.07, 6.45) is 6.76. The Morgan fingerprint density at radius 1 is 1.00 bits per heavy atom. The number of hydrogen-bond acceptors (Lipinski definition) is 5. The maximum atomic E-state index is 13.4. The lowest BCUT2D eigenvalue weighted by Gasteiger charge is -2.45. The third kappa shape index (κ3) is 7.40. The molecule has 0 atom stereocenters. The minimum absolute atomic E-state index is 0.0524. The molecule has 3 aliphatic rings. The third-order valence-electron chi connectivity index (χ3n) is 9.31. The molecule has 1 amide bonds. The summed E-state index contributed by atoms with van der Waals surface area (Å²) in [5.41, 5.74) is 2.12. The predicted octanol–water partition coefficient (Wildman–Crippen LogP) is 6.09. The van der Waals surface area contributed by atoms with E-state index in [1.54, 1.807) is 0 Å². The van der Waals surface area contributed by atoms with Crippen molar-refractivity contribution in [3.63, 3.8) is 0 Å². The van der Waals surface area contributed by atoms with E-state index in [1.807, 2.05) is 23.4 Å². The molecule has 1 aromatic carbocycles. The van der Waals surface area contributed by atoms with Crippen LogP contribution in [0.4, 0.5) is 13.2 Å². The number of rotatable bonds is 5. The summed E-state index contributed by atoms with van der Waals surface area (Å²) in [6.45, 7) is 4.15. The number of alkyl halides is 3. The topological polar surface area (TPSA) is 63.5 Å². The van der Waals surface area contributed by atoms with E-state index in [-0.39, 0.29) is 23.8 Å². The first-order chi connectivity index (χ1) is 20.8. The fraction of sp³-hybridized carbons (Fsp3) is 0.545. The molecular weight excluding hydrogens is 555 g/mol. The van der Waals surface area contributed by atoms with Crippen LogP contribution in [0.1, 0.15) is 73.4 Å². The van der Waals surface area contributed by atoms with Crippen LogP contribution in [0.2, 0.25) is 0 Å². The van der Waals surface area contributed by atoms with E-state index in [4.69, 9.17) is 4.74 Å². The molecule has 2 fully saturated rings. The van der Waals surface area contributed by atoms with Crippen LogP contribution in [0.3, 0.4) is 0 Å². The fourth-order valence-electron chi connectivity index (χ4n) is 6.74. The Bertz CT molecular complexity index is 1380. The molecule has 10 heteroatoms. The van der Waals surface area contributed by atoms with Gasteiger partial charge in [0.05, 0.1) is 0 Å². The van der Waals surface area contributed by atoms with Crippen LogP contribution in [0, 0.1) is 5.41 Å². The highest BCUT2D eigenvalue weighted by Crippen LogP contribution is 2.42. The summed E-state index contributed by atoms with van der Waals surface area (Å²) in [5.74, 6) is 0.887. The van der Waals surface area contributed by atoms with Gasteiger partial charge in [-0.15, -0.1) is 0 Å². The van der Waals surface area contributed by atoms with Crippen molar-refractivity contribution in [1.29, 1.82) is 0 Å². The van der Waals surface area contributed by atoms with Gasteiger partial charge in [0, 0.05) is 56.7 Å². The number of ether oxygens (including phenoxy) is 1.